The summed E-state index contributed by atoms with van der Waals surface area (Å²) < 4.78 is 5.14. The molecule has 0 saturated heterocycles. The number of carbonyl (C=O) groups excluding carboxylic acids is 2. The number of nitrogens with zero attached hydrogens (tertiary/aromatic N) is 1. The monoisotopic (exact) mass is 213 g/mol. The SMILES string of the molecule is C=C(C)CN(CC=O)C(=O)OC(C)(C)C. The molecule has 0 aliphatic rings. The molecule has 86 valence electrons. The highest BCUT2D eigenvalue weighted by atomic mass is 16.6. The number of amides is 1. The molecule has 0 rings (SSSR count). The van der Waals surface area contributed by atoms with Crippen molar-refractivity contribution in [1.82, 2.24) is 4.90 Å². The van der Waals surface area contributed by atoms with Gasteiger partial charge >= 0.3 is 6.09 Å². The number of ether oxygens (including phenoxy) is 1. The summed E-state index contributed by atoms with van der Waals surface area (Å²) in [6.07, 6.45) is 0.185. The summed E-state index contributed by atoms with van der Waals surface area (Å²) in [7, 11) is 0. The molecule has 0 unspecified atom stereocenters. The van der Waals surface area contributed by atoms with Crippen LogP contribution < -0.4 is 0 Å². The van der Waals surface area contributed by atoms with E-state index in [4.69, 9.17) is 4.74 Å². The van der Waals surface area contributed by atoms with Crippen LogP contribution in [0, 0.1) is 0 Å². The molecule has 4 heteroatoms. The molecular formula is C11H19NO3. The maximum atomic E-state index is 11.6. The number of hydrogen-bond acceptors (Lipinski definition) is 3. The predicted octanol–water partition coefficient (Wildman–Crippen LogP) is 2.00. The summed E-state index contributed by atoms with van der Waals surface area (Å²) in [5.74, 6) is 0. The Balaban J connectivity index is 4.41. The van der Waals surface area contributed by atoms with Gasteiger partial charge in [0.15, 0.2) is 0 Å². The maximum Gasteiger partial charge on any atom is 0.410 e. The van der Waals surface area contributed by atoms with E-state index in [1.54, 1.807) is 27.7 Å². The Morgan fingerprint density at radius 2 is 2.00 bits per heavy atom. The lowest BCUT2D eigenvalue weighted by Gasteiger charge is -2.26. The highest BCUT2D eigenvalue weighted by Gasteiger charge is 2.21. The van der Waals surface area contributed by atoms with Crippen LogP contribution in [0.4, 0.5) is 4.79 Å². The second-order valence-corrected chi connectivity index (χ2v) is 4.48. The average Bonchev–Trinajstić information content (AvgIpc) is 1.99. The van der Waals surface area contributed by atoms with Gasteiger partial charge in [0.1, 0.15) is 11.9 Å². The zero-order valence-electron chi connectivity index (χ0n) is 9.87. The van der Waals surface area contributed by atoms with Gasteiger partial charge in [0.2, 0.25) is 0 Å². The topological polar surface area (TPSA) is 46.6 Å². The van der Waals surface area contributed by atoms with Crippen molar-refractivity contribution in [2.45, 2.75) is 33.3 Å². The Hall–Kier alpha value is -1.32. The first-order chi connectivity index (χ1) is 6.76. The molecule has 0 N–H and O–H groups in total. The van der Waals surface area contributed by atoms with Crippen LogP contribution in [0.1, 0.15) is 27.7 Å². The van der Waals surface area contributed by atoms with E-state index in [0.29, 0.717) is 12.8 Å². The quantitative estimate of drug-likeness (QED) is 0.530. The lowest BCUT2D eigenvalue weighted by molar-refractivity contribution is -0.108. The Bertz CT molecular complexity index is 253. The summed E-state index contributed by atoms with van der Waals surface area (Å²) in [5.41, 5.74) is 0.260. The van der Waals surface area contributed by atoms with Crippen molar-refractivity contribution < 1.29 is 14.3 Å². The summed E-state index contributed by atoms with van der Waals surface area (Å²) >= 11 is 0. The third-order valence-corrected chi connectivity index (χ3v) is 1.41. The van der Waals surface area contributed by atoms with Gasteiger partial charge in [0, 0.05) is 6.54 Å². The maximum absolute atomic E-state index is 11.6. The molecule has 0 aromatic heterocycles. The zero-order chi connectivity index (χ0) is 12.1. The summed E-state index contributed by atoms with van der Waals surface area (Å²) in [5, 5.41) is 0. The minimum atomic E-state index is -0.548. The van der Waals surface area contributed by atoms with Gasteiger partial charge in [0.05, 0.1) is 6.54 Å². The molecule has 15 heavy (non-hydrogen) atoms. The first-order valence-electron chi connectivity index (χ1n) is 4.82. The second-order valence-electron chi connectivity index (χ2n) is 4.48. The van der Waals surface area contributed by atoms with E-state index in [2.05, 4.69) is 6.58 Å². The number of hydrogen-bond donors (Lipinski definition) is 0. The van der Waals surface area contributed by atoms with E-state index in [1.165, 1.54) is 4.90 Å². The third-order valence-electron chi connectivity index (χ3n) is 1.41. The molecule has 0 radical (unpaired) electrons. The third kappa shape index (κ3) is 6.71. The van der Waals surface area contributed by atoms with Crippen molar-refractivity contribution in [2.75, 3.05) is 13.1 Å². The fraction of sp³-hybridized carbons (Fsp3) is 0.636. The molecule has 0 aliphatic heterocycles. The van der Waals surface area contributed by atoms with Crippen LogP contribution >= 0.6 is 0 Å². The Morgan fingerprint density at radius 1 is 1.47 bits per heavy atom. The minimum absolute atomic E-state index is 0.0295. The van der Waals surface area contributed by atoms with E-state index in [9.17, 15) is 9.59 Å². The fourth-order valence-corrected chi connectivity index (χ4v) is 0.946. The fourth-order valence-electron chi connectivity index (χ4n) is 0.946. The lowest BCUT2D eigenvalue weighted by Crippen LogP contribution is -2.38. The van der Waals surface area contributed by atoms with Crippen molar-refractivity contribution in [1.29, 1.82) is 0 Å². The molecule has 0 bridgehead atoms. The molecule has 4 nitrogen and oxygen atoms in total. The standard InChI is InChI=1S/C11H19NO3/c1-9(2)8-12(6-7-13)10(14)15-11(3,4)5/h7H,1,6,8H2,2-5H3. The molecule has 1 amide bonds. The van der Waals surface area contributed by atoms with Crippen LogP contribution in [0.2, 0.25) is 0 Å². The molecule has 0 aliphatic carbocycles. The minimum Gasteiger partial charge on any atom is -0.444 e. The van der Waals surface area contributed by atoms with Crippen LogP contribution in [-0.4, -0.2) is 36.0 Å². The second kappa shape index (κ2) is 5.53. The largest absolute Gasteiger partial charge is 0.444 e. The van der Waals surface area contributed by atoms with Crippen molar-refractivity contribution in [3.8, 4) is 0 Å². The molecule has 0 fully saturated rings. The highest BCUT2D eigenvalue weighted by molar-refractivity contribution is 5.72. The van der Waals surface area contributed by atoms with Gasteiger partial charge in [-0.25, -0.2) is 4.79 Å². The van der Waals surface area contributed by atoms with E-state index in [0.717, 1.165) is 5.57 Å². The van der Waals surface area contributed by atoms with Crippen LogP contribution in [0.25, 0.3) is 0 Å². The smallest absolute Gasteiger partial charge is 0.410 e. The van der Waals surface area contributed by atoms with E-state index < -0.39 is 11.7 Å². The van der Waals surface area contributed by atoms with E-state index in [1.807, 2.05) is 0 Å². The van der Waals surface area contributed by atoms with Gasteiger partial charge in [-0.3, -0.25) is 4.90 Å². The summed E-state index contributed by atoms with van der Waals surface area (Å²) in [6.45, 7) is 11.2. The normalized spacial score (nSPS) is 10.7. The summed E-state index contributed by atoms with van der Waals surface area (Å²) in [4.78, 5) is 23.3. The average molecular weight is 213 g/mol. The molecule has 0 saturated carbocycles. The van der Waals surface area contributed by atoms with Crippen molar-refractivity contribution in [2.24, 2.45) is 0 Å². The Morgan fingerprint density at radius 3 is 2.33 bits per heavy atom. The van der Waals surface area contributed by atoms with Gasteiger partial charge in [-0.2, -0.15) is 0 Å². The van der Waals surface area contributed by atoms with Gasteiger partial charge in [0.25, 0.3) is 0 Å². The van der Waals surface area contributed by atoms with E-state index in [-0.39, 0.29) is 6.54 Å². The van der Waals surface area contributed by atoms with Crippen molar-refractivity contribution in [3.63, 3.8) is 0 Å². The van der Waals surface area contributed by atoms with Crippen LogP contribution in [-0.2, 0) is 9.53 Å². The van der Waals surface area contributed by atoms with Crippen LogP contribution in [0.15, 0.2) is 12.2 Å². The number of rotatable bonds is 4. The van der Waals surface area contributed by atoms with Gasteiger partial charge in [-0.15, -0.1) is 0 Å². The predicted molar refractivity (Wildman–Crippen MR) is 58.7 cm³/mol. The number of carbonyl (C=O) groups is 2. The highest BCUT2D eigenvalue weighted by Crippen LogP contribution is 2.10. The zero-order valence-corrected chi connectivity index (χ0v) is 9.87. The molecule has 0 aromatic rings. The summed E-state index contributed by atoms with van der Waals surface area (Å²) in [6, 6.07) is 0. The molecule has 0 aromatic carbocycles. The van der Waals surface area contributed by atoms with Gasteiger partial charge in [-0.1, -0.05) is 12.2 Å². The van der Waals surface area contributed by atoms with Gasteiger partial charge < -0.3 is 9.53 Å². The Kier molecular flexibility index (Phi) is 5.05. The lowest BCUT2D eigenvalue weighted by atomic mass is 10.2. The first-order valence-corrected chi connectivity index (χ1v) is 4.82. The molecular weight excluding hydrogens is 194 g/mol. The number of aldehydes is 1. The van der Waals surface area contributed by atoms with Gasteiger partial charge in [-0.05, 0) is 27.7 Å². The molecule has 0 atom stereocenters. The van der Waals surface area contributed by atoms with Crippen molar-refractivity contribution in [3.05, 3.63) is 12.2 Å². The van der Waals surface area contributed by atoms with E-state index >= 15 is 0 Å². The first kappa shape index (κ1) is 13.7. The van der Waals surface area contributed by atoms with Crippen LogP contribution in [0.3, 0.4) is 0 Å². The molecule has 0 heterocycles. The Labute approximate surface area is 90.9 Å². The van der Waals surface area contributed by atoms with Crippen LogP contribution in [0.5, 0.6) is 0 Å². The molecule has 0 spiro atoms. The van der Waals surface area contributed by atoms with Crippen molar-refractivity contribution >= 4 is 12.4 Å².